The first-order valence-electron chi connectivity index (χ1n) is 5.15. The maximum Gasteiger partial charge on any atom is 0.305 e. The Labute approximate surface area is 112 Å². The Hall–Kier alpha value is -0.750. The molecule has 0 aliphatic carbocycles. The third-order valence-corrected chi connectivity index (χ3v) is 2.71. The standard InChI is InChI=1S/C10H18N2O3S.ClH/c1-15-9(14)5-3-2-4-8(13)6-7-16-10(11)12;/h2-7H2,1H3,(H3,11,12);1H. The summed E-state index contributed by atoms with van der Waals surface area (Å²) >= 11 is 1.28. The van der Waals surface area contributed by atoms with Crippen molar-refractivity contribution in [1.82, 2.24) is 0 Å². The molecule has 0 aromatic heterocycles. The van der Waals surface area contributed by atoms with Gasteiger partial charge in [0.05, 0.1) is 7.11 Å². The highest BCUT2D eigenvalue weighted by Crippen LogP contribution is 2.06. The molecule has 0 atom stereocenters. The zero-order valence-electron chi connectivity index (χ0n) is 9.91. The lowest BCUT2D eigenvalue weighted by molar-refractivity contribution is -0.140. The predicted octanol–water partition coefficient (Wildman–Crippen LogP) is -3.51. The van der Waals surface area contributed by atoms with Crippen molar-refractivity contribution in [2.75, 3.05) is 12.9 Å². The first-order chi connectivity index (χ1) is 7.56. The summed E-state index contributed by atoms with van der Waals surface area (Å²) in [5.74, 6) is 0.574. The number of unbranched alkanes of at least 4 members (excludes halogenated alkanes) is 1. The van der Waals surface area contributed by atoms with Crippen LogP contribution < -0.4 is 23.5 Å². The Bertz CT molecular complexity index is 262. The van der Waals surface area contributed by atoms with E-state index in [1.54, 1.807) is 0 Å². The van der Waals surface area contributed by atoms with Gasteiger partial charge in [0.1, 0.15) is 5.78 Å². The fourth-order valence-electron chi connectivity index (χ4n) is 1.10. The first-order valence-corrected chi connectivity index (χ1v) is 6.14. The minimum Gasteiger partial charge on any atom is -1.00 e. The molecule has 0 spiro atoms. The lowest BCUT2D eigenvalue weighted by Crippen LogP contribution is -3.00. The highest BCUT2D eigenvalue weighted by Gasteiger charge is 2.05. The molecule has 0 bridgehead atoms. The van der Waals surface area contributed by atoms with Crippen LogP contribution >= 0.6 is 11.8 Å². The summed E-state index contributed by atoms with van der Waals surface area (Å²) in [6.45, 7) is 0. The summed E-state index contributed by atoms with van der Waals surface area (Å²) in [5.41, 5.74) is 5.24. The molecule has 100 valence electrons. The predicted molar refractivity (Wildman–Crippen MR) is 63.7 cm³/mol. The number of rotatable bonds is 8. The van der Waals surface area contributed by atoms with Crippen molar-refractivity contribution in [2.45, 2.75) is 32.1 Å². The van der Waals surface area contributed by atoms with Gasteiger partial charge in [-0.25, -0.2) is 0 Å². The van der Waals surface area contributed by atoms with Gasteiger partial charge >= 0.3 is 5.97 Å². The van der Waals surface area contributed by atoms with Crippen molar-refractivity contribution in [3.63, 3.8) is 0 Å². The maximum atomic E-state index is 11.3. The number of nitrogens with two attached hydrogens (primary N) is 2. The van der Waals surface area contributed by atoms with Gasteiger partial charge in [-0.2, -0.15) is 0 Å². The van der Waals surface area contributed by atoms with Crippen molar-refractivity contribution >= 4 is 28.7 Å². The van der Waals surface area contributed by atoms with Crippen LogP contribution in [0.4, 0.5) is 0 Å². The number of thioether (sulfide) groups is 1. The molecule has 0 saturated carbocycles. The van der Waals surface area contributed by atoms with E-state index < -0.39 is 0 Å². The third-order valence-electron chi connectivity index (χ3n) is 1.96. The van der Waals surface area contributed by atoms with Crippen LogP contribution in [0.2, 0.25) is 0 Å². The number of hydrogen-bond acceptors (Lipinski definition) is 4. The SMILES string of the molecule is COC(=O)CCCCC(=O)CCSC(N)=[NH2+].[Cl-]. The Kier molecular flexibility index (Phi) is 12.8. The van der Waals surface area contributed by atoms with Crippen molar-refractivity contribution < 1.29 is 32.1 Å². The average Bonchev–Trinajstić information content (AvgIpc) is 2.23. The third kappa shape index (κ3) is 13.2. The normalized spacial score (nSPS) is 9.24. The van der Waals surface area contributed by atoms with E-state index in [0.29, 0.717) is 36.6 Å². The number of amidine groups is 1. The molecular weight excluding hydrogens is 264 g/mol. The maximum absolute atomic E-state index is 11.3. The zero-order valence-corrected chi connectivity index (χ0v) is 11.5. The van der Waals surface area contributed by atoms with Crippen molar-refractivity contribution in [1.29, 1.82) is 0 Å². The van der Waals surface area contributed by atoms with E-state index in [-0.39, 0.29) is 24.2 Å². The molecule has 0 aliphatic rings. The summed E-state index contributed by atoms with van der Waals surface area (Å²) in [6.07, 6.45) is 2.77. The Balaban J connectivity index is 0. The summed E-state index contributed by atoms with van der Waals surface area (Å²) in [6, 6.07) is 0. The monoisotopic (exact) mass is 282 g/mol. The zero-order chi connectivity index (χ0) is 12.4. The number of carbonyl (C=O) groups is 2. The number of halogens is 1. The van der Waals surface area contributed by atoms with E-state index >= 15 is 0 Å². The molecule has 0 saturated heterocycles. The Morgan fingerprint density at radius 2 is 1.82 bits per heavy atom. The molecule has 7 heteroatoms. The summed E-state index contributed by atoms with van der Waals surface area (Å²) < 4.78 is 4.49. The Morgan fingerprint density at radius 1 is 1.24 bits per heavy atom. The molecule has 0 radical (unpaired) electrons. The Morgan fingerprint density at radius 3 is 2.35 bits per heavy atom. The first kappa shape index (κ1) is 18.6. The lowest BCUT2D eigenvalue weighted by Gasteiger charge is -2.00. The van der Waals surface area contributed by atoms with E-state index in [1.807, 2.05) is 0 Å². The van der Waals surface area contributed by atoms with Crippen LogP contribution in [-0.2, 0) is 14.3 Å². The van der Waals surface area contributed by atoms with Gasteiger partial charge in [-0.05, 0) is 24.6 Å². The number of methoxy groups -OCH3 is 1. The van der Waals surface area contributed by atoms with Crippen molar-refractivity contribution in [2.24, 2.45) is 5.73 Å². The van der Waals surface area contributed by atoms with E-state index in [1.165, 1.54) is 18.9 Å². The van der Waals surface area contributed by atoms with Gasteiger partial charge in [-0.1, -0.05) is 0 Å². The highest BCUT2D eigenvalue weighted by molar-refractivity contribution is 8.13. The average molecular weight is 283 g/mol. The van der Waals surface area contributed by atoms with E-state index in [9.17, 15) is 9.59 Å². The molecule has 0 fully saturated rings. The van der Waals surface area contributed by atoms with Gasteiger partial charge in [-0.15, -0.1) is 0 Å². The number of esters is 1. The molecule has 0 unspecified atom stereocenters. The molecule has 0 heterocycles. The number of Topliss-reactive ketones (excluding diaryl/α,β-unsaturated/α-hetero) is 1. The molecule has 0 aromatic carbocycles. The summed E-state index contributed by atoms with van der Waals surface area (Å²) in [7, 11) is 1.36. The largest absolute Gasteiger partial charge is 1.00 e. The number of carbonyl (C=O) groups excluding carboxylic acids is 2. The summed E-state index contributed by atoms with van der Waals surface area (Å²) in [4.78, 5) is 22.1. The minimum absolute atomic E-state index is 0. The van der Waals surface area contributed by atoms with Gasteiger partial charge in [0.15, 0.2) is 0 Å². The molecule has 0 aromatic rings. The molecule has 17 heavy (non-hydrogen) atoms. The van der Waals surface area contributed by atoms with Crippen molar-refractivity contribution in [3.05, 3.63) is 0 Å². The van der Waals surface area contributed by atoms with Crippen LogP contribution in [0.25, 0.3) is 0 Å². The quantitative estimate of drug-likeness (QED) is 0.208. The van der Waals surface area contributed by atoms with Gasteiger partial charge in [-0.3, -0.25) is 20.7 Å². The molecular formula is C10H19ClN2O3S. The van der Waals surface area contributed by atoms with Crippen molar-refractivity contribution in [3.8, 4) is 0 Å². The van der Waals surface area contributed by atoms with Crippen LogP contribution in [0.1, 0.15) is 32.1 Å². The number of ether oxygens (including phenoxy) is 1. The molecule has 0 amide bonds. The molecule has 0 aliphatic heterocycles. The fraction of sp³-hybridized carbons (Fsp3) is 0.700. The van der Waals surface area contributed by atoms with Crippen LogP contribution in [0.5, 0.6) is 0 Å². The van der Waals surface area contributed by atoms with Gasteiger partial charge in [0, 0.05) is 25.0 Å². The molecule has 0 rings (SSSR count). The van der Waals surface area contributed by atoms with E-state index in [0.717, 1.165) is 6.42 Å². The minimum atomic E-state index is -0.228. The summed E-state index contributed by atoms with van der Waals surface area (Å²) in [5, 5.41) is 5.53. The van der Waals surface area contributed by atoms with E-state index in [4.69, 9.17) is 11.1 Å². The number of ketones is 1. The van der Waals surface area contributed by atoms with Gasteiger partial charge in [0.2, 0.25) is 0 Å². The second-order valence-corrected chi connectivity index (χ2v) is 4.49. The highest BCUT2D eigenvalue weighted by atomic mass is 35.5. The topological polar surface area (TPSA) is 95.0 Å². The fourth-order valence-corrected chi connectivity index (χ4v) is 1.67. The smallest absolute Gasteiger partial charge is 0.305 e. The molecule has 4 N–H and O–H groups in total. The second-order valence-electron chi connectivity index (χ2n) is 3.32. The van der Waals surface area contributed by atoms with Crippen LogP contribution in [0.15, 0.2) is 0 Å². The van der Waals surface area contributed by atoms with Crippen LogP contribution in [0, 0.1) is 0 Å². The lowest BCUT2D eigenvalue weighted by atomic mass is 10.1. The van der Waals surface area contributed by atoms with E-state index in [2.05, 4.69) is 4.74 Å². The van der Waals surface area contributed by atoms with Gasteiger partial charge in [0.25, 0.3) is 5.17 Å². The second kappa shape index (κ2) is 11.7. The van der Waals surface area contributed by atoms with Gasteiger partial charge < -0.3 is 17.1 Å². The van der Waals surface area contributed by atoms with Crippen LogP contribution in [-0.4, -0.2) is 29.8 Å². The number of hydrogen-bond donors (Lipinski definition) is 2. The van der Waals surface area contributed by atoms with Crippen LogP contribution in [0.3, 0.4) is 0 Å². The molecule has 5 nitrogen and oxygen atoms in total.